The summed E-state index contributed by atoms with van der Waals surface area (Å²) in [5.41, 5.74) is 2.95. The number of hydrogen-bond acceptors (Lipinski definition) is 3. The van der Waals surface area contributed by atoms with Gasteiger partial charge in [-0.1, -0.05) is 12.1 Å². The molecule has 2 aromatic carbocycles. The van der Waals surface area contributed by atoms with Gasteiger partial charge in [-0.25, -0.2) is 9.13 Å². The highest BCUT2D eigenvalue weighted by molar-refractivity contribution is 5.91. The molecule has 0 bridgehead atoms. The Morgan fingerprint density at radius 3 is 2.67 bits per heavy atom. The molecule has 0 unspecified atom stereocenters. The molecule has 158 valence electrons. The Hall–Kier alpha value is -2.99. The summed E-state index contributed by atoms with van der Waals surface area (Å²) in [5.74, 6) is 2.64. The van der Waals surface area contributed by atoms with E-state index < -0.39 is 0 Å². The fourth-order valence-electron chi connectivity index (χ4n) is 3.83. The molecule has 3 aromatic rings. The fraction of sp³-hybridized carbons (Fsp3) is 0.304. The monoisotopic (exact) mass is 427 g/mol. The number of hydrogen-bond donors (Lipinski definition) is 1. The number of carbonyl (C=O) groups excluding carboxylic acids is 1. The quantitative estimate of drug-likeness (QED) is 0.557. The van der Waals surface area contributed by atoms with Crippen LogP contribution in [-0.4, -0.2) is 24.2 Å². The molecule has 0 saturated carbocycles. The number of halogens is 1. The molecule has 1 amide bonds. The molecule has 1 aliphatic rings. The molecule has 0 aliphatic carbocycles. The van der Waals surface area contributed by atoms with Gasteiger partial charge in [-0.2, -0.15) is 0 Å². The van der Waals surface area contributed by atoms with Gasteiger partial charge in [0.15, 0.2) is 12.2 Å². The Kier molecular flexibility index (Phi) is 7.00. The topological polar surface area (TPSA) is 56.4 Å². The van der Waals surface area contributed by atoms with Crippen LogP contribution in [0, 0.1) is 0 Å². The van der Waals surface area contributed by atoms with Gasteiger partial charge in [0.2, 0.25) is 0 Å². The third-order valence-electron chi connectivity index (χ3n) is 5.15. The van der Waals surface area contributed by atoms with Crippen molar-refractivity contribution in [3.8, 4) is 22.8 Å². The predicted octanol–water partition coefficient (Wildman–Crippen LogP) is 0.439. The minimum atomic E-state index is -0.0660. The van der Waals surface area contributed by atoms with E-state index in [4.69, 9.17) is 9.47 Å². The van der Waals surface area contributed by atoms with Crippen LogP contribution in [0.4, 0.5) is 5.69 Å². The van der Waals surface area contributed by atoms with Gasteiger partial charge >= 0.3 is 0 Å². The van der Waals surface area contributed by atoms with E-state index in [-0.39, 0.29) is 24.9 Å². The predicted molar refractivity (Wildman–Crippen MR) is 111 cm³/mol. The standard InChI is InChI=1S/C23H25N3O3.ClH/c1-3-29-21-8-5-4-7-19(21)24-22(27)16-25-15-20(26-14-6-9-23(25)26)17-10-12-18(28-2)13-11-17;/h4-5,7-8,10-13,15H,3,6,9,14,16H2,1-2H3;1H. The van der Waals surface area contributed by atoms with Crippen molar-refractivity contribution in [1.82, 2.24) is 4.57 Å². The maximum Gasteiger partial charge on any atom is 0.266 e. The van der Waals surface area contributed by atoms with Crippen molar-refractivity contribution in [2.24, 2.45) is 0 Å². The van der Waals surface area contributed by atoms with Crippen molar-refractivity contribution >= 4 is 11.6 Å². The zero-order chi connectivity index (χ0) is 20.2. The van der Waals surface area contributed by atoms with Crippen LogP contribution in [0.15, 0.2) is 54.7 Å². The summed E-state index contributed by atoms with van der Waals surface area (Å²) < 4.78 is 15.2. The average molecular weight is 428 g/mol. The van der Waals surface area contributed by atoms with Crippen LogP contribution in [-0.2, 0) is 24.3 Å². The van der Waals surface area contributed by atoms with E-state index in [9.17, 15) is 4.79 Å². The molecule has 2 heterocycles. The maximum absolute atomic E-state index is 12.8. The molecule has 0 fully saturated rings. The largest absolute Gasteiger partial charge is 1.00 e. The zero-order valence-corrected chi connectivity index (χ0v) is 18.0. The average Bonchev–Trinajstić information content (AvgIpc) is 3.34. The van der Waals surface area contributed by atoms with Gasteiger partial charge in [0.25, 0.3) is 11.7 Å². The summed E-state index contributed by atoms with van der Waals surface area (Å²) in [7, 11) is 1.67. The molecule has 7 heteroatoms. The lowest BCUT2D eigenvalue weighted by molar-refractivity contribution is -0.690. The van der Waals surface area contributed by atoms with Crippen molar-refractivity contribution in [3.63, 3.8) is 0 Å². The lowest BCUT2D eigenvalue weighted by atomic mass is 10.1. The summed E-state index contributed by atoms with van der Waals surface area (Å²) in [6.45, 7) is 3.73. The SMILES string of the molecule is CCOc1ccccc1NC(=O)C[n+]1cc(-c2ccc(OC)cc2)n2c1CCC2.[Cl-]. The number of aromatic nitrogens is 2. The number of fused-ring (bicyclic) bond motifs is 1. The van der Waals surface area contributed by atoms with E-state index in [0.717, 1.165) is 36.4 Å². The van der Waals surface area contributed by atoms with Crippen LogP contribution >= 0.6 is 0 Å². The Bertz CT molecular complexity index is 1020. The van der Waals surface area contributed by atoms with Crippen molar-refractivity contribution in [2.45, 2.75) is 32.9 Å². The smallest absolute Gasteiger partial charge is 0.266 e. The van der Waals surface area contributed by atoms with Crippen LogP contribution in [0.2, 0.25) is 0 Å². The molecule has 1 N–H and O–H groups in total. The van der Waals surface area contributed by atoms with Gasteiger partial charge in [0.05, 0.1) is 32.4 Å². The number of anilines is 1. The van der Waals surface area contributed by atoms with Crippen LogP contribution in [0.5, 0.6) is 11.5 Å². The first-order valence-corrected chi connectivity index (χ1v) is 9.97. The molecule has 0 saturated heterocycles. The van der Waals surface area contributed by atoms with Gasteiger partial charge in [-0.3, -0.25) is 4.79 Å². The van der Waals surface area contributed by atoms with E-state index in [2.05, 4.69) is 32.8 Å². The number of para-hydroxylation sites is 2. The fourth-order valence-corrected chi connectivity index (χ4v) is 3.83. The Morgan fingerprint density at radius 2 is 1.93 bits per heavy atom. The third kappa shape index (κ3) is 4.44. The summed E-state index contributed by atoms with van der Waals surface area (Å²) in [5, 5.41) is 2.99. The van der Waals surface area contributed by atoms with Crippen molar-refractivity contribution in [2.75, 3.05) is 19.0 Å². The first-order chi connectivity index (χ1) is 14.2. The second kappa shape index (κ2) is 9.67. The van der Waals surface area contributed by atoms with Gasteiger partial charge in [0.1, 0.15) is 17.7 Å². The number of nitrogens with zero attached hydrogens (tertiary/aromatic N) is 2. The normalized spacial score (nSPS) is 12.1. The number of benzene rings is 2. The highest BCUT2D eigenvalue weighted by atomic mass is 35.5. The Labute approximate surface area is 182 Å². The maximum atomic E-state index is 12.8. The molecule has 6 nitrogen and oxygen atoms in total. The number of carbonyl (C=O) groups is 1. The molecular formula is C23H26ClN3O3. The van der Waals surface area contributed by atoms with Gasteiger partial charge < -0.3 is 27.2 Å². The molecule has 4 rings (SSSR count). The summed E-state index contributed by atoms with van der Waals surface area (Å²) in [6.07, 6.45) is 4.14. The number of methoxy groups -OCH3 is 1. The molecule has 30 heavy (non-hydrogen) atoms. The summed E-state index contributed by atoms with van der Waals surface area (Å²) in [6, 6.07) is 15.6. The van der Waals surface area contributed by atoms with E-state index in [0.29, 0.717) is 18.0 Å². The number of rotatable bonds is 7. The lowest BCUT2D eigenvalue weighted by Gasteiger charge is -2.10. The van der Waals surface area contributed by atoms with Crippen LogP contribution < -0.4 is 31.8 Å². The van der Waals surface area contributed by atoms with E-state index in [1.165, 1.54) is 5.82 Å². The van der Waals surface area contributed by atoms with Gasteiger partial charge in [0, 0.05) is 5.56 Å². The highest BCUT2D eigenvalue weighted by Gasteiger charge is 2.29. The second-order valence-corrected chi connectivity index (χ2v) is 7.02. The zero-order valence-electron chi connectivity index (χ0n) is 17.2. The van der Waals surface area contributed by atoms with Gasteiger partial charge in [-0.05, 0) is 49.7 Å². The van der Waals surface area contributed by atoms with E-state index in [1.807, 2.05) is 43.3 Å². The summed E-state index contributed by atoms with van der Waals surface area (Å²) in [4.78, 5) is 12.8. The number of nitrogens with one attached hydrogen (secondary N) is 1. The lowest BCUT2D eigenvalue weighted by Crippen LogP contribution is -3.00. The molecule has 1 aliphatic heterocycles. The van der Waals surface area contributed by atoms with Crippen molar-refractivity contribution < 1.29 is 31.2 Å². The molecule has 0 spiro atoms. The van der Waals surface area contributed by atoms with E-state index >= 15 is 0 Å². The van der Waals surface area contributed by atoms with Crippen LogP contribution in [0.3, 0.4) is 0 Å². The minimum absolute atomic E-state index is 0. The first kappa shape index (κ1) is 21.7. The van der Waals surface area contributed by atoms with Crippen molar-refractivity contribution in [1.29, 1.82) is 0 Å². The second-order valence-electron chi connectivity index (χ2n) is 7.02. The van der Waals surface area contributed by atoms with Crippen molar-refractivity contribution in [3.05, 3.63) is 60.6 Å². The number of ether oxygens (including phenoxy) is 2. The molecule has 0 radical (unpaired) electrons. The highest BCUT2D eigenvalue weighted by Crippen LogP contribution is 2.27. The Balaban J connectivity index is 0.00000256. The molecule has 0 atom stereocenters. The van der Waals surface area contributed by atoms with Crippen LogP contribution in [0.1, 0.15) is 19.2 Å². The van der Waals surface area contributed by atoms with Gasteiger partial charge in [-0.15, -0.1) is 0 Å². The summed E-state index contributed by atoms with van der Waals surface area (Å²) >= 11 is 0. The molecule has 1 aromatic heterocycles. The van der Waals surface area contributed by atoms with Crippen LogP contribution in [0.25, 0.3) is 11.3 Å². The number of amides is 1. The minimum Gasteiger partial charge on any atom is -1.00 e. The number of imidazole rings is 1. The Morgan fingerprint density at radius 1 is 1.17 bits per heavy atom. The molecular weight excluding hydrogens is 402 g/mol. The van der Waals surface area contributed by atoms with E-state index in [1.54, 1.807) is 7.11 Å². The first-order valence-electron chi connectivity index (χ1n) is 9.97. The third-order valence-corrected chi connectivity index (χ3v) is 5.15.